The normalized spacial score (nSPS) is 15.4. The third kappa shape index (κ3) is 4.51. The summed E-state index contributed by atoms with van der Waals surface area (Å²) in [6.45, 7) is 0. The summed E-state index contributed by atoms with van der Waals surface area (Å²) in [6.07, 6.45) is 2.44. The van der Waals surface area contributed by atoms with Gasteiger partial charge < -0.3 is 14.6 Å². The lowest BCUT2D eigenvalue weighted by Gasteiger charge is -2.19. The number of halogens is 2. The molecule has 0 saturated heterocycles. The highest BCUT2D eigenvalue weighted by molar-refractivity contribution is 5.97. The number of nitrogens with one attached hydrogen (secondary N) is 1. The predicted octanol–water partition coefficient (Wildman–Crippen LogP) is 1.87. The van der Waals surface area contributed by atoms with Crippen LogP contribution in [-0.4, -0.2) is 34.2 Å². The first-order chi connectivity index (χ1) is 16.7. The molecular formula is C25H23F2N3O5. The van der Waals surface area contributed by atoms with Crippen LogP contribution in [0.4, 0.5) is 8.78 Å². The Morgan fingerprint density at radius 2 is 1.80 bits per heavy atom. The maximum Gasteiger partial charge on any atom is 0.331 e. The highest BCUT2D eigenvalue weighted by atomic mass is 19.1. The number of amides is 1. The summed E-state index contributed by atoms with van der Waals surface area (Å²) < 4.78 is 35.5. The molecule has 4 rings (SSSR count). The SMILES string of the molecule is COC(=O)[C@H](Cc1cccc2c1CC[C@@H]2n1c(=O)ccn(C)c1=O)NC(=O)c1c(F)cccc1F. The molecule has 3 aromatic rings. The molecule has 10 heteroatoms. The van der Waals surface area contributed by atoms with Gasteiger partial charge in [0.1, 0.15) is 23.2 Å². The van der Waals surface area contributed by atoms with Gasteiger partial charge in [0.05, 0.1) is 13.2 Å². The quantitative estimate of drug-likeness (QED) is 0.540. The van der Waals surface area contributed by atoms with Crippen molar-refractivity contribution in [1.29, 1.82) is 0 Å². The van der Waals surface area contributed by atoms with Gasteiger partial charge in [0.2, 0.25) is 0 Å². The fraction of sp³-hybridized carbons (Fsp3) is 0.280. The monoisotopic (exact) mass is 483 g/mol. The molecule has 0 aliphatic heterocycles. The molecular weight excluding hydrogens is 460 g/mol. The number of benzene rings is 2. The first-order valence-electron chi connectivity index (χ1n) is 10.9. The van der Waals surface area contributed by atoms with E-state index >= 15 is 0 Å². The Kier molecular flexibility index (Phi) is 6.63. The summed E-state index contributed by atoms with van der Waals surface area (Å²) in [5, 5.41) is 2.37. The van der Waals surface area contributed by atoms with E-state index in [0.717, 1.165) is 36.4 Å². The van der Waals surface area contributed by atoms with Crippen molar-refractivity contribution >= 4 is 11.9 Å². The molecule has 0 radical (unpaired) electrons. The molecule has 2 atom stereocenters. The number of rotatable bonds is 6. The van der Waals surface area contributed by atoms with Crippen LogP contribution in [0, 0.1) is 11.6 Å². The van der Waals surface area contributed by atoms with Crippen molar-refractivity contribution in [2.45, 2.75) is 31.3 Å². The van der Waals surface area contributed by atoms with Crippen molar-refractivity contribution in [2.24, 2.45) is 7.05 Å². The van der Waals surface area contributed by atoms with Crippen molar-refractivity contribution in [1.82, 2.24) is 14.5 Å². The Bertz CT molecular complexity index is 1410. The molecule has 1 amide bonds. The summed E-state index contributed by atoms with van der Waals surface area (Å²) in [7, 11) is 2.71. The standard InChI is InChI=1S/C25H23F2N3O5/c1-29-12-11-21(31)30(25(29)34)20-10-9-15-14(5-3-6-16(15)20)13-19(24(33)35-2)28-23(32)22-17(26)7-4-8-18(22)27/h3-8,11-12,19-20H,9-10,13H2,1-2H3,(H,28,32)/t19-,20-/m0/s1. The number of hydrogen-bond acceptors (Lipinski definition) is 5. The summed E-state index contributed by atoms with van der Waals surface area (Å²) in [6, 6.07) is 7.98. The Hall–Kier alpha value is -4.08. The summed E-state index contributed by atoms with van der Waals surface area (Å²) in [4.78, 5) is 50.2. The number of ether oxygens (including phenoxy) is 1. The minimum absolute atomic E-state index is 0.00786. The Morgan fingerprint density at radius 3 is 2.49 bits per heavy atom. The Balaban J connectivity index is 1.66. The number of aryl methyl sites for hydroxylation is 1. The van der Waals surface area contributed by atoms with E-state index in [-0.39, 0.29) is 6.42 Å². The van der Waals surface area contributed by atoms with E-state index in [1.807, 2.05) is 6.07 Å². The van der Waals surface area contributed by atoms with E-state index < -0.39 is 52.4 Å². The fourth-order valence-electron chi connectivity index (χ4n) is 4.54. The van der Waals surface area contributed by atoms with E-state index in [9.17, 15) is 28.0 Å². The third-order valence-corrected chi connectivity index (χ3v) is 6.24. The van der Waals surface area contributed by atoms with Gasteiger partial charge in [-0.25, -0.2) is 18.4 Å². The van der Waals surface area contributed by atoms with Gasteiger partial charge in [-0.1, -0.05) is 24.3 Å². The average Bonchev–Trinajstić information content (AvgIpc) is 3.25. The molecule has 0 saturated carbocycles. The van der Waals surface area contributed by atoms with Crippen molar-refractivity contribution in [3.8, 4) is 0 Å². The molecule has 0 spiro atoms. The van der Waals surface area contributed by atoms with E-state index in [2.05, 4.69) is 5.32 Å². The molecule has 8 nitrogen and oxygen atoms in total. The highest BCUT2D eigenvalue weighted by Gasteiger charge is 2.31. The maximum absolute atomic E-state index is 14.1. The zero-order chi connectivity index (χ0) is 25.3. The zero-order valence-electron chi connectivity index (χ0n) is 19.1. The molecule has 1 aliphatic rings. The van der Waals surface area contributed by atoms with Gasteiger partial charge in [-0.15, -0.1) is 0 Å². The smallest absolute Gasteiger partial charge is 0.331 e. The van der Waals surface area contributed by atoms with Crippen LogP contribution < -0.4 is 16.6 Å². The number of esters is 1. The van der Waals surface area contributed by atoms with Crippen molar-refractivity contribution < 1.29 is 23.1 Å². The van der Waals surface area contributed by atoms with Gasteiger partial charge in [0.15, 0.2) is 0 Å². The van der Waals surface area contributed by atoms with E-state index in [1.54, 1.807) is 19.2 Å². The van der Waals surface area contributed by atoms with Gasteiger partial charge in [-0.2, -0.15) is 0 Å². The molecule has 1 heterocycles. The second-order valence-corrected chi connectivity index (χ2v) is 8.31. The second-order valence-electron chi connectivity index (χ2n) is 8.31. The minimum atomic E-state index is -1.22. The highest BCUT2D eigenvalue weighted by Crippen LogP contribution is 2.35. The number of aromatic nitrogens is 2. The summed E-state index contributed by atoms with van der Waals surface area (Å²) in [5.41, 5.74) is 0.656. The minimum Gasteiger partial charge on any atom is -0.467 e. The predicted molar refractivity (Wildman–Crippen MR) is 122 cm³/mol. The molecule has 0 bridgehead atoms. The van der Waals surface area contributed by atoms with Gasteiger partial charge in [-0.05, 0) is 41.7 Å². The lowest BCUT2D eigenvalue weighted by atomic mass is 9.96. The van der Waals surface area contributed by atoms with Gasteiger partial charge in [-0.3, -0.25) is 14.2 Å². The van der Waals surface area contributed by atoms with Crippen molar-refractivity contribution in [3.63, 3.8) is 0 Å². The number of nitrogens with zero attached hydrogens (tertiary/aromatic N) is 2. The zero-order valence-corrected chi connectivity index (χ0v) is 19.1. The second kappa shape index (κ2) is 9.65. The molecule has 0 fully saturated rings. The lowest BCUT2D eigenvalue weighted by Crippen LogP contribution is -2.43. The van der Waals surface area contributed by atoms with Crippen molar-refractivity contribution in [3.05, 3.63) is 103 Å². The summed E-state index contributed by atoms with van der Waals surface area (Å²) >= 11 is 0. The van der Waals surface area contributed by atoms with Crippen LogP contribution >= 0.6 is 0 Å². The molecule has 2 aromatic carbocycles. The van der Waals surface area contributed by atoms with Gasteiger partial charge >= 0.3 is 11.7 Å². The number of carbonyl (C=O) groups is 2. The van der Waals surface area contributed by atoms with E-state index in [1.165, 1.54) is 21.4 Å². The van der Waals surface area contributed by atoms with Gasteiger partial charge in [0, 0.05) is 25.7 Å². The molecule has 35 heavy (non-hydrogen) atoms. The molecule has 0 unspecified atom stereocenters. The molecule has 1 N–H and O–H groups in total. The summed E-state index contributed by atoms with van der Waals surface area (Å²) in [5.74, 6) is -3.97. The first kappa shape index (κ1) is 24.1. The number of methoxy groups -OCH3 is 1. The van der Waals surface area contributed by atoms with Gasteiger partial charge in [0.25, 0.3) is 11.5 Å². The topological polar surface area (TPSA) is 99.4 Å². The van der Waals surface area contributed by atoms with Crippen LogP contribution in [0.1, 0.15) is 39.5 Å². The van der Waals surface area contributed by atoms with Crippen LogP contribution in [0.3, 0.4) is 0 Å². The van der Waals surface area contributed by atoms with Crippen LogP contribution in [0.5, 0.6) is 0 Å². The van der Waals surface area contributed by atoms with Crippen molar-refractivity contribution in [2.75, 3.05) is 7.11 Å². The van der Waals surface area contributed by atoms with Crippen LogP contribution in [0.2, 0.25) is 0 Å². The average molecular weight is 483 g/mol. The largest absolute Gasteiger partial charge is 0.467 e. The first-order valence-corrected chi connectivity index (χ1v) is 10.9. The van der Waals surface area contributed by atoms with E-state index in [0.29, 0.717) is 18.4 Å². The number of carbonyl (C=O) groups excluding carboxylic acids is 2. The molecule has 1 aliphatic carbocycles. The van der Waals surface area contributed by atoms with Crippen LogP contribution in [0.15, 0.2) is 58.3 Å². The Labute approximate surface area is 198 Å². The van der Waals surface area contributed by atoms with Crippen LogP contribution in [0.25, 0.3) is 0 Å². The molecule has 1 aromatic heterocycles. The fourth-order valence-corrected chi connectivity index (χ4v) is 4.54. The van der Waals surface area contributed by atoms with E-state index in [4.69, 9.17) is 4.74 Å². The number of fused-ring (bicyclic) bond motifs is 1. The lowest BCUT2D eigenvalue weighted by molar-refractivity contribution is -0.142. The maximum atomic E-state index is 14.1. The van der Waals surface area contributed by atoms with Crippen LogP contribution in [-0.2, 0) is 29.4 Å². The molecule has 182 valence electrons. The number of hydrogen-bond donors (Lipinski definition) is 1. The third-order valence-electron chi connectivity index (χ3n) is 6.24. The Morgan fingerprint density at radius 1 is 1.11 bits per heavy atom.